The van der Waals surface area contributed by atoms with Gasteiger partial charge in [-0.25, -0.2) is 14.5 Å². The highest BCUT2D eigenvalue weighted by atomic mass is 32.1. The standard InChI is InChI=1S/C14H17N5OS/c20-14(17-13-2-1-5-21-13)19-10-3-4-11(19)7-12(6-10)18-9-15-8-16-18/h1-2,5,8-12H,3-4,6-7H2,(H,17,20). The molecule has 4 rings (SSSR count). The van der Waals surface area contributed by atoms with Crippen LogP contribution in [0.3, 0.4) is 0 Å². The van der Waals surface area contributed by atoms with Crippen LogP contribution in [0, 0.1) is 0 Å². The van der Waals surface area contributed by atoms with Gasteiger partial charge in [0.15, 0.2) is 0 Å². The van der Waals surface area contributed by atoms with Crippen molar-refractivity contribution >= 4 is 22.4 Å². The molecular weight excluding hydrogens is 286 g/mol. The number of carbonyl (C=O) groups excluding carboxylic acids is 1. The van der Waals surface area contributed by atoms with Crippen molar-refractivity contribution in [3.8, 4) is 0 Å². The zero-order valence-electron chi connectivity index (χ0n) is 11.6. The van der Waals surface area contributed by atoms with Crippen LogP contribution in [0.1, 0.15) is 31.7 Å². The van der Waals surface area contributed by atoms with E-state index in [9.17, 15) is 4.79 Å². The summed E-state index contributed by atoms with van der Waals surface area (Å²) in [6, 6.07) is 4.94. The number of anilines is 1. The van der Waals surface area contributed by atoms with Crippen LogP contribution in [0.2, 0.25) is 0 Å². The molecule has 0 saturated carbocycles. The van der Waals surface area contributed by atoms with E-state index in [1.54, 1.807) is 24.0 Å². The lowest BCUT2D eigenvalue weighted by atomic mass is 9.98. The molecule has 21 heavy (non-hydrogen) atoms. The largest absolute Gasteiger partial charge is 0.322 e. The molecule has 2 aromatic rings. The summed E-state index contributed by atoms with van der Waals surface area (Å²) < 4.78 is 1.94. The van der Waals surface area contributed by atoms with Crippen molar-refractivity contribution in [1.29, 1.82) is 0 Å². The molecule has 4 heterocycles. The summed E-state index contributed by atoms with van der Waals surface area (Å²) in [6.45, 7) is 0. The first-order chi connectivity index (χ1) is 10.3. The molecule has 2 atom stereocenters. The number of hydrogen-bond acceptors (Lipinski definition) is 4. The molecule has 2 amide bonds. The van der Waals surface area contributed by atoms with E-state index in [0.717, 1.165) is 30.7 Å². The Labute approximate surface area is 126 Å². The van der Waals surface area contributed by atoms with E-state index < -0.39 is 0 Å². The van der Waals surface area contributed by atoms with Crippen molar-refractivity contribution in [2.24, 2.45) is 0 Å². The lowest BCUT2D eigenvalue weighted by Gasteiger charge is -2.38. The maximum absolute atomic E-state index is 12.5. The van der Waals surface area contributed by atoms with E-state index in [2.05, 4.69) is 15.4 Å². The predicted octanol–water partition coefficient (Wildman–Crippen LogP) is 2.74. The Bertz CT molecular complexity index is 597. The number of amides is 2. The third-order valence-electron chi connectivity index (χ3n) is 4.50. The molecular formula is C14H17N5OS. The van der Waals surface area contributed by atoms with Gasteiger partial charge in [-0.1, -0.05) is 0 Å². The highest BCUT2D eigenvalue weighted by Gasteiger charge is 2.44. The van der Waals surface area contributed by atoms with Crippen molar-refractivity contribution in [2.75, 3.05) is 5.32 Å². The van der Waals surface area contributed by atoms with Crippen molar-refractivity contribution in [2.45, 2.75) is 43.8 Å². The molecule has 110 valence electrons. The second-order valence-electron chi connectivity index (χ2n) is 5.70. The van der Waals surface area contributed by atoms with Crippen LogP contribution < -0.4 is 5.32 Å². The fourth-order valence-electron chi connectivity index (χ4n) is 3.62. The molecule has 2 saturated heterocycles. The lowest BCUT2D eigenvalue weighted by Crippen LogP contribution is -2.48. The molecule has 0 spiro atoms. The van der Waals surface area contributed by atoms with Crippen molar-refractivity contribution < 1.29 is 4.79 Å². The van der Waals surface area contributed by atoms with Crippen molar-refractivity contribution in [3.63, 3.8) is 0 Å². The number of carbonyl (C=O) groups is 1. The smallest absolute Gasteiger partial charge is 0.318 e. The van der Waals surface area contributed by atoms with E-state index >= 15 is 0 Å². The number of urea groups is 1. The molecule has 2 fully saturated rings. The van der Waals surface area contributed by atoms with Crippen LogP contribution in [0.25, 0.3) is 0 Å². The van der Waals surface area contributed by atoms with Gasteiger partial charge in [-0.15, -0.1) is 11.3 Å². The maximum Gasteiger partial charge on any atom is 0.322 e. The Kier molecular flexibility index (Phi) is 3.14. The Hall–Kier alpha value is -1.89. The molecule has 0 radical (unpaired) electrons. The first-order valence-corrected chi connectivity index (χ1v) is 8.16. The highest BCUT2D eigenvalue weighted by molar-refractivity contribution is 7.14. The number of piperidine rings is 1. The Morgan fingerprint density at radius 3 is 2.71 bits per heavy atom. The monoisotopic (exact) mass is 303 g/mol. The van der Waals surface area contributed by atoms with E-state index in [4.69, 9.17) is 0 Å². The number of fused-ring (bicyclic) bond motifs is 2. The fraction of sp³-hybridized carbons (Fsp3) is 0.500. The van der Waals surface area contributed by atoms with Gasteiger partial charge in [0.2, 0.25) is 0 Å². The molecule has 0 aliphatic carbocycles. The van der Waals surface area contributed by atoms with Gasteiger partial charge in [0.05, 0.1) is 11.0 Å². The lowest BCUT2D eigenvalue weighted by molar-refractivity contribution is 0.129. The third kappa shape index (κ3) is 2.31. The summed E-state index contributed by atoms with van der Waals surface area (Å²) in [5, 5.41) is 10.2. The minimum atomic E-state index is 0.0435. The van der Waals surface area contributed by atoms with E-state index in [-0.39, 0.29) is 6.03 Å². The van der Waals surface area contributed by atoms with Crippen LogP contribution in [-0.4, -0.2) is 37.8 Å². The van der Waals surface area contributed by atoms with Gasteiger partial charge >= 0.3 is 6.03 Å². The van der Waals surface area contributed by atoms with Crippen LogP contribution in [0.5, 0.6) is 0 Å². The van der Waals surface area contributed by atoms with Crippen LogP contribution >= 0.6 is 11.3 Å². The van der Waals surface area contributed by atoms with Crippen LogP contribution in [-0.2, 0) is 0 Å². The second-order valence-corrected chi connectivity index (χ2v) is 6.65. The van der Waals surface area contributed by atoms with Gasteiger partial charge in [0, 0.05) is 12.1 Å². The average molecular weight is 303 g/mol. The number of hydrogen-bond donors (Lipinski definition) is 1. The zero-order valence-corrected chi connectivity index (χ0v) is 12.4. The summed E-state index contributed by atoms with van der Waals surface area (Å²) >= 11 is 1.56. The summed E-state index contributed by atoms with van der Waals surface area (Å²) in [6.07, 6.45) is 7.49. The summed E-state index contributed by atoms with van der Waals surface area (Å²) in [7, 11) is 0. The Balaban J connectivity index is 1.48. The van der Waals surface area contributed by atoms with Crippen LogP contribution in [0.15, 0.2) is 30.2 Å². The third-order valence-corrected chi connectivity index (χ3v) is 5.29. The number of rotatable bonds is 2. The van der Waals surface area contributed by atoms with Gasteiger partial charge in [-0.05, 0) is 43.2 Å². The second kappa shape index (κ2) is 5.14. The Morgan fingerprint density at radius 2 is 2.10 bits per heavy atom. The zero-order chi connectivity index (χ0) is 14.2. The first kappa shape index (κ1) is 12.8. The van der Waals surface area contributed by atoms with Crippen molar-refractivity contribution in [1.82, 2.24) is 19.7 Å². The normalized spacial score (nSPS) is 27.8. The molecule has 2 aliphatic heterocycles. The topological polar surface area (TPSA) is 63.1 Å². The quantitative estimate of drug-likeness (QED) is 0.928. The minimum absolute atomic E-state index is 0.0435. The number of nitrogens with zero attached hydrogens (tertiary/aromatic N) is 4. The first-order valence-electron chi connectivity index (χ1n) is 7.28. The molecule has 1 N–H and O–H groups in total. The van der Waals surface area contributed by atoms with Gasteiger partial charge in [-0.3, -0.25) is 5.32 Å². The molecule has 2 aliphatic rings. The van der Waals surface area contributed by atoms with Gasteiger partial charge in [0.25, 0.3) is 0 Å². The fourth-order valence-corrected chi connectivity index (χ4v) is 4.23. The summed E-state index contributed by atoms with van der Waals surface area (Å²) in [4.78, 5) is 18.6. The average Bonchev–Trinajstić information content (AvgIpc) is 3.20. The number of aromatic nitrogens is 3. The number of thiophene rings is 1. The molecule has 6 nitrogen and oxygen atoms in total. The SMILES string of the molecule is O=C(Nc1cccs1)N1C2CCC1CC(n1cncn1)C2. The molecule has 2 unspecified atom stereocenters. The molecule has 7 heteroatoms. The molecule has 2 bridgehead atoms. The predicted molar refractivity (Wildman–Crippen MR) is 80.3 cm³/mol. The van der Waals surface area contributed by atoms with Gasteiger partial charge < -0.3 is 4.90 Å². The molecule has 0 aromatic carbocycles. The van der Waals surface area contributed by atoms with Crippen molar-refractivity contribution in [3.05, 3.63) is 30.2 Å². The number of nitrogens with one attached hydrogen (secondary N) is 1. The van der Waals surface area contributed by atoms with E-state index in [1.165, 1.54) is 0 Å². The van der Waals surface area contributed by atoms with Gasteiger partial charge in [-0.2, -0.15) is 5.10 Å². The Morgan fingerprint density at radius 1 is 1.29 bits per heavy atom. The highest BCUT2D eigenvalue weighted by Crippen LogP contribution is 2.40. The van der Waals surface area contributed by atoms with E-state index in [1.807, 2.05) is 27.1 Å². The molecule has 2 aromatic heterocycles. The summed E-state index contributed by atoms with van der Waals surface area (Å²) in [5.41, 5.74) is 0. The van der Waals surface area contributed by atoms with Gasteiger partial charge in [0.1, 0.15) is 12.7 Å². The summed E-state index contributed by atoms with van der Waals surface area (Å²) in [5.74, 6) is 0. The maximum atomic E-state index is 12.5. The van der Waals surface area contributed by atoms with Crippen LogP contribution in [0.4, 0.5) is 9.80 Å². The minimum Gasteiger partial charge on any atom is -0.318 e. The van der Waals surface area contributed by atoms with E-state index in [0.29, 0.717) is 18.1 Å².